The quantitative estimate of drug-likeness (QED) is 0.459. The van der Waals surface area contributed by atoms with E-state index in [1.54, 1.807) is 19.2 Å². The zero-order valence-electron chi connectivity index (χ0n) is 22.1. The van der Waals surface area contributed by atoms with E-state index < -0.39 is 26.6 Å². The van der Waals surface area contributed by atoms with Gasteiger partial charge in [0, 0.05) is 18.7 Å². The molecular formula is C29H31FN6O3S. The van der Waals surface area contributed by atoms with Crippen LogP contribution in [-0.4, -0.2) is 44.2 Å². The number of pyridine rings is 1. The van der Waals surface area contributed by atoms with E-state index >= 15 is 0 Å². The van der Waals surface area contributed by atoms with Crippen LogP contribution in [0.3, 0.4) is 0 Å². The van der Waals surface area contributed by atoms with Crippen molar-refractivity contribution < 1.29 is 17.9 Å². The number of aliphatic hydroxyl groups is 1. The summed E-state index contributed by atoms with van der Waals surface area (Å²) in [5.41, 5.74) is 9.47. The van der Waals surface area contributed by atoms with Crippen LogP contribution in [0.4, 0.5) is 10.1 Å². The van der Waals surface area contributed by atoms with Crippen molar-refractivity contribution in [2.45, 2.75) is 61.0 Å². The highest BCUT2D eigenvalue weighted by molar-refractivity contribution is 7.91. The minimum absolute atomic E-state index is 0.147. The summed E-state index contributed by atoms with van der Waals surface area (Å²) in [5.74, 6) is 0.166. The average Bonchev–Trinajstić information content (AvgIpc) is 3.72. The maximum Gasteiger partial charge on any atom is 0.267 e. The minimum Gasteiger partial charge on any atom is -0.404 e. The molecule has 208 valence electrons. The minimum atomic E-state index is -3.86. The third kappa shape index (κ3) is 4.77. The molecule has 2 saturated carbocycles. The number of aliphatic hydroxyl groups excluding tert-OH is 1. The molecule has 3 aromatic rings. The van der Waals surface area contributed by atoms with Crippen LogP contribution in [0, 0.1) is 11.2 Å². The summed E-state index contributed by atoms with van der Waals surface area (Å²) in [6.45, 7) is 0. The molecule has 3 aliphatic carbocycles. The molecule has 0 radical (unpaired) electrons. The Kier molecular flexibility index (Phi) is 6.66. The van der Waals surface area contributed by atoms with Gasteiger partial charge in [-0.05, 0) is 98.2 Å². The molecule has 0 aliphatic heterocycles. The molecule has 3 aliphatic rings. The van der Waals surface area contributed by atoms with E-state index in [9.17, 15) is 17.9 Å². The third-order valence-corrected chi connectivity index (χ3v) is 10.3. The number of hydrogen-bond donors (Lipinski definition) is 2. The van der Waals surface area contributed by atoms with E-state index in [-0.39, 0.29) is 23.8 Å². The Morgan fingerprint density at radius 2 is 1.95 bits per heavy atom. The molecule has 6 rings (SSSR count). The molecule has 3 atom stereocenters. The highest BCUT2D eigenvalue weighted by Crippen LogP contribution is 2.56. The number of aliphatic imine (C=N–C) groups is 1. The summed E-state index contributed by atoms with van der Waals surface area (Å²) in [7, 11) is -2.24. The van der Waals surface area contributed by atoms with Crippen LogP contribution < -0.4 is 5.73 Å². The Balaban J connectivity index is 1.43. The number of nitrogens with two attached hydrogens (primary N) is 1. The molecule has 40 heavy (non-hydrogen) atoms. The Hall–Kier alpha value is -3.70. The molecule has 2 heterocycles. The lowest BCUT2D eigenvalue weighted by molar-refractivity contribution is 0.0281. The average molecular weight is 563 g/mol. The Bertz CT molecular complexity index is 1620. The van der Waals surface area contributed by atoms with E-state index in [1.165, 1.54) is 29.3 Å². The number of allylic oxidation sites excluding steroid dienone is 2. The molecule has 1 aromatic carbocycles. The van der Waals surface area contributed by atoms with E-state index in [2.05, 4.69) is 15.1 Å². The zero-order chi connectivity index (χ0) is 28.1. The molecule has 0 bridgehead atoms. The number of rotatable bonds is 6. The van der Waals surface area contributed by atoms with Gasteiger partial charge in [-0.2, -0.15) is 0 Å². The Morgan fingerprint density at radius 3 is 2.58 bits per heavy atom. The number of sulfone groups is 1. The van der Waals surface area contributed by atoms with Crippen LogP contribution in [0.5, 0.6) is 0 Å². The van der Waals surface area contributed by atoms with Crippen molar-refractivity contribution in [3.8, 4) is 0 Å². The summed E-state index contributed by atoms with van der Waals surface area (Å²) in [6.07, 6.45) is 8.92. The van der Waals surface area contributed by atoms with Gasteiger partial charge in [0.2, 0.25) is 9.84 Å². The van der Waals surface area contributed by atoms with Gasteiger partial charge in [-0.25, -0.2) is 22.8 Å². The lowest BCUT2D eigenvalue weighted by Gasteiger charge is -2.48. The van der Waals surface area contributed by atoms with Crippen LogP contribution in [0.2, 0.25) is 0 Å². The van der Waals surface area contributed by atoms with Crippen molar-refractivity contribution in [2.75, 3.05) is 0 Å². The lowest BCUT2D eigenvalue weighted by atomic mass is 9.59. The van der Waals surface area contributed by atoms with Crippen LogP contribution >= 0.6 is 0 Å². The SMILES string of the molecule is Cn1cnc(S(=O)(=O)[C@H]2CCC3=CC(=Nc4ccc(F)cc4)/C(=C\N)C[C@]3(C(O)c3ccc(C4CC4)cn3)C2)n1. The van der Waals surface area contributed by atoms with Gasteiger partial charge in [0.15, 0.2) is 0 Å². The van der Waals surface area contributed by atoms with Crippen LogP contribution in [0.1, 0.15) is 61.8 Å². The van der Waals surface area contributed by atoms with E-state index in [4.69, 9.17) is 10.7 Å². The second-order valence-electron chi connectivity index (χ2n) is 11.0. The van der Waals surface area contributed by atoms with Gasteiger partial charge in [0.05, 0.1) is 22.3 Å². The highest BCUT2D eigenvalue weighted by Gasteiger charge is 2.52. The molecular weight excluding hydrogens is 531 g/mol. The first kappa shape index (κ1) is 26.5. The maximum atomic E-state index is 13.6. The fourth-order valence-corrected chi connectivity index (χ4v) is 7.64. The van der Waals surface area contributed by atoms with Gasteiger partial charge in [0.1, 0.15) is 18.2 Å². The normalized spacial score (nSPS) is 26.0. The topological polar surface area (TPSA) is 136 Å². The predicted octanol–water partition coefficient (Wildman–Crippen LogP) is 4.22. The van der Waals surface area contributed by atoms with Crippen LogP contribution in [0.25, 0.3) is 0 Å². The van der Waals surface area contributed by atoms with Gasteiger partial charge in [-0.1, -0.05) is 11.6 Å². The summed E-state index contributed by atoms with van der Waals surface area (Å²) >= 11 is 0. The number of hydrogen-bond acceptors (Lipinski definition) is 8. The summed E-state index contributed by atoms with van der Waals surface area (Å²) in [5, 5.41) is 15.0. The monoisotopic (exact) mass is 562 g/mol. The van der Waals surface area contributed by atoms with Gasteiger partial charge in [-0.3, -0.25) is 9.67 Å². The Morgan fingerprint density at radius 1 is 1.18 bits per heavy atom. The van der Waals surface area contributed by atoms with Gasteiger partial charge in [0.25, 0.3) is 5.16 Å². The lowest BCUT2D eigenvalue weighted by Crippen LogP contribution is -2.44. The summed E-state index contributed by atoms with van der Waals surface area (Å²) in [6, 6.07) is 9.70. The van der Waals surface area contributed by atoms with Crippen molar-refractivity contribution in [3.05, 3.63) is 89.4 Å². The smallest absolute Gasteiger partial charge is 0.267 e. The van der Waals surface area contributed by atoms with Crippen molar-refractivity contribution in [2.24, 2.45) is 23.2 Å². The molecule has 2 fully saturated rings. The summed E-state index contributed by atoms with van der Waals surface area (Å²) < 4.78 is 42.1. The fraction of sp³-hybridized carbons (Fsp3) is 0.379. The summed E-state index contributed by atoms with van der Waals surface area (Å²) in [4.78, 5) is 13.4. The number of benzene rings is 1. The predicted molar refractivity (Wildman–Crippen MR) is 148 cm³/mol. The first-order valence-corrected chi connectivity index (χ1v) is 14.9. The van der Waals surface area contributed by atoms with Gasteiger partial charge < -0.3 is 10.8 Å². The molecule has 9 nitrogen and oxygen atoms in total. The van der Waals surface area contributed by atoms with E-state index in [0.717, 1.165) is 24.0 Å². The molecule has 3 N–H and O–H groups in total. The zero-order valence-corrected chi connectivity index (χ0v) is 22.9. The molecule has 0 amide bonds. The largest absolute Gasteiger partial charge is 0.404 e. The van der Waals surface area contributed by atoms with Gasteiger partial charge >= 0.3 is 0 Å². The first-order chi connectivity index (χ1) is 19.2. The van der Waals surface area contributed by atoms with Crippen molar-refractivity contribution in [1.29, 1.82) is 0 Å². The third-order valence-electron chi connectivity index (χ3n) is 8.32. The van der Waals surface area contributed by atoms with E-state index in [1.807, 2.05) is 24.4 Å². The van der Waals surface area contributed by atoms with E-state index in [0.29, 0.717) is 41.4 Å². The molecule has 0 spiro atoms. The molecule has 0 saturated heterocycles. The number of halogens is 1. The second kappa shape index (κ2) is 10.0. The van der Waals surface area contributed by atoms with Crippen molar-refractivity contribution in [3.63, 3.8) is 0 Å². The standard InChI is InChI=1S/C29H31FN6O3S/c1-36-17-33-28(35-36)40(38,39)24-10-5-21-12-26(34-23-8-6-22(30)7-9-23)20(15-31)13-29(21,14-24)27(37)25-11-4-19(16-32-25)18-2-3-18/h4,6-9,11-12,15-18,24,27,37H,2-3,5,10,13-14,31H2,1H3/b20-15-,34-26?/t24-,27?,29-/m0/s1. The number of aryl methyl sites for hydroxylation is 1. The molecule has 2 aromatic heterocycles. The first-order valence-electron chi connectivity index (χ1n) is 13.4. The molecule has 11 heteroatoms. The van der Waals surface area contributed by atoms with Crippen LogP contribution in [-0.2, 0) is 16.9 Å². The highest BCUT2D eigenvalue weighted by atomic mass is 32.2. The number of nitrogens with zero attached hydrogens (tertiary/aromatic N) is 5. The van der Waals surface area contributed by atoms with Crippen molar-refractivity contribution >= 4 is 21.2 Å². The molecule has 1 unspecified atom stereocenters. The van der Waals surface area contributed by atoms with Crippen molar-refractivity contribution in [1.82, 2.24) is 19.7 Å². The fourth-order valence-electron chi connectivity index (χ4n) is 5.97. The maximum absolute atomic E-state index is 13.6. The second-order valence-corrected chi connectivity index (χ2v) is 13.1. The Labute approximate surface area is 232 Å². The van der Waals surface area contributed by atoms with Gasteiger partial charge in [-0.15, -0.1) is 5.10 Å². The van der Waals surface area contributed by atoms with Crippen LogP contribution in [0.15, 0.2) is 82.5 Å². The number of aromatic nitrogens is 4. The number of fused-ring (bicyclic) bond motifs is 1.